The number of carbonyl (C=O) groups is 2. The van der Waals surface area contributed by atoms with Gasteiger partial charge in [0, 0.05) is 13.0 Å². The van der Waals surface area contributed by atoms with Crippen molar-refractivity contribution < 1.29 is 14.3 Å². The molecule has 2 atom stereocenters. The summed E-state index contributed by atoms with van der Waals surface area (Å²) in [7, 11) is 0. The van der Waals surface area contributed by atoms with Gasteiger partial charge in [0.05, 0.1) is 24.9 Å². The van der Waals surface area contributed by atoms with Crippen LogP contribution in [-0.2, 0) is 14.3 Å². The van der Waals surface area contributed by atoms with Crippen LogP contribution in [0.5, 0.6) is 0 Å². The van der Waals surface area contributed by atoms with E-state index in [2.05, 4.69) is 5.10 Å². The molecular weight excluding hydrogens is 356 g/mol. The number of ether oxygens (including phenoxy) is 1. The van der Waals surface area contributed by atoms with Gasteiger partial charge in [-0.1, -0.05) is 48.5 Å². The molecule has 7 nitrogen and oxygen atoms in total. The molecule has 7 heteroatoms. The number of morpholine rings is 1. The molecule has 0 spiro atoms. The highest BCUT2D eigenvalue weighted by Crippen LogP contribution is 2.35. The maximum absolute atomic E-state index is 13.1. The fourth-order valence-electron chi connectivity index (χ4n) is 3.58. The highest BCUT2D eigenvalue weighted by molar-refractivity contribution is 6.39. The van der Waals surface area contributed by atoms with Crippen LogP contribution in [0.1, 0.15) is 18.0 Å². The molecule has 2 N–H and O–H groups in total. The van der Waals surface area contributed by atoms with Gasteiger partial charge in [0.2, 0.25) is 5.91 Å². The van der Waals surface area contributed by atoms with E-state index >= 15 is 0 Å². The summed E-state index contributed by atoms with van der Waals surface area (Å²) in [4.78, 5) is 26.1. The molecule has 28 heavy (non-hydrogen) atoms. The molecule has 4 rings (SSSR count). The Morgan fingerprint density at radius 1 is 1.04 bits per heavy atom. The normalized spacial score (nSPS) is 22.1. The molecule has 0 aromatic heterocycles. The number of hydrogen-bond acceptors (Lipinski definition) is 5. The minimum atomic E-state index is -0.769. The second-order valence-corrected chi connectivity index (χ2v) is 6.87. The van der Waals surface area contributed by atoms with E-state index in [1.54, 1.807) is 4.90 Å². The van der Waals surface area contributed by atoms with E-state index in [1.807, 2.05) is 65.7 Å². The zero-order chi connectivity index (χ0) is 19.5. The molecule has 2 aromatic rings. The summed E-state index contributed by atoms with van der Waals surface area (Å²) in [5.41, 5.74) is 7.83. The van der Waals surface area contributed by atoms with Crippen molar-refractivity contribution in [2.75, 3.05) is 24.7 Å². The van der Waals surface area contributed by atoms with Crippen LogP contribution < -0.4 is 10.7 Å². The SMILES string of the molecule is NC(=O)C1CN(C(=O)C2=NN(c3ccccc3)C(c3ccccc3)C2)CCO1. The molecule has 0 aliphatic carbocycles. The molecule has 0 saturated carbocycles. The first-order valence-electron chi connectivity index (χ1n) is 9.30. The van der Waals surface area contributed by atoms with Gasteiger partial charge >= 0.3 is 0 Å². The molecular formula is C21H22N4O3. The van der Waals surface area contributed by atoms with Crippen LogP contribution in [0.4, 0.5) is 5.69 Å². The highest BCUT2D eigenvalue weighted by Gasteiger charge is 2.36. The molecule has 2 aromatic carbocycles. The second kappa shape index (κ2) is 7.82. The topological polar surface area (TPSA) is 88.2 Å². The molecule has 2 aliphatic heterocycles. The number of carbonyl (C=O) groups excluding carboxylic acids is 2. The Kier molecular flexibility index (Phi) is 5.08. The number of amides is 2. The zero-order valence-electron chi connectivity index (χ0n) is 15.4. The summed E-state index contributed by atoms with van der Waals surface area (Å²) >= 11 is 0. The summed E-state index contributed by atoms with van der Waals surface area (Å²) in [6.07, 6.45) is -0.272. The molecule has 2 aliphatic rings. The summed E-state index contributed by atoms with van der Waals surface area (Å²) < 4.78 is 5.34. The van der Waals surface area contributed by atoms with E-state index in [9.17, 15) is 9.59 Å². The maximum atomic E-state index is 13.1. The minimum absolute atomic E-state index is 0.0597. The summed E-state index contributed by atoms with van der Waals surface area (Å²) in [5.74, 6) is -0.729. The van der Waals surface area contributed by atoms with Crippen molar-refractivity contribution >= 4 is 23.2 Å². The van der Waals surface area contributed by atoms with Gasteiger partial charge in [-0.25, -0.2) is 0 Å². The van der Waals surface area contributed by atoms with Crippen LogP contribution in [0.3, 0.4) is 0 Å². The lowest BCUT2D eigenvalue weighted by atomic mass is 10.0. The Labute approximate surface area is 163 Å². The number of hydrogen-bond donors (Lipinski definition) is 1. The van der Waals surface area contributed by atoms with Gasteiger partial charge < -0.3 is 15.4 Å². The van der Waals surface area contributed by atoms with Crippen LogP contribution in [0.2, 0.25) is 0 Å². The van der Waals surface area contributed by atoms with E-state index in [4.69, 9.17) is 10.5 Å². The number of primary amides is 1. The first-order chi connectivity index (χ1) is 13.6. The lowest BCUT2D eigenvalue weighted by Crippen LogP contribution is -2.52. The quantitative estimate of drug-likeness (QED) is 0.877. The molecule has 2 unspecified atom stereocenters. The Bertz CT molecular complexity index is 885. The van der Waals surface area contributed by atoms with E-state index in [1.165, 1.54) is 0 Å². The Morgan fingerprint density at radius 3 is 2.39 bits per heavy atom. The number of nitrogens with two attached hydrogens (primary N) is 1. The molecule has 0 radical (unpaired) electrons. The van der Waals surface area contributed by atoms with E-state index in [0.29, 0.717) is 18.7 Å². The van der Waals surface area contributed by atoms with Gasteiger partial charge in [-0.2, -0.15) is 5.10 Å². The standard InChI is InChI=1S/C21H22N4O3/c22-20(26)19-14-24(11-12-28-19)21(27)17-13-18(15-7-3-1-4-8-15)25(23-17)16-9-5-2-6-10-16/h1-10,18-19H,11-14H2,(H2,22,26). The molecule has 1 fully saturated rings. The van der Waals surface area contributed by atoms with Crippen LogP contribution in [0, 0.1) is 0 Å². The second-order valence-electron chi connectivity index (χ2n) is 6.87. The fraction of sp³-hybridized carbons (Fsp3) is 0.286. The smallest absolute Gasteiger partial charge is 0.270 e. The number of benzene rings is 2. The minimum Gasteiger partial charge on any atom is -0.367 e. The lowest BCUT2D eigenvalue weighted by Gasteiger charge is -2.31. The van der Waals surface area contributed by atoms with Crippen molar-refractivity contribution in [2.45, 2.75) is 18.6 Å². The van der Waals surface area contributed by atoms with E-state index in [0.717, 1.165) is 11.3 Å². The number of nitrogens with zero attached hydrogens (tertiary/aromatic N) is 3. The molecule has 2 amide bonds. The van der Waals surface area contributed by atoms with Crippen LogP contribution in [-0.4, -0.2) is 48.2 Å². The van der Waals surface area contributed by atoms with Crippen LogP contribution >= 0.6 is 0 Å². The third-order valence-electron chi connectivity index (χ3n) is 5.03. The zero-order valence-corrected chi connectivity index (χ0v) is 15.4. The fourth-order valence-corrected chi connectivity index (χ4v) is 3.58. The van der Waals surface area contributed by atoms with Crippen molar-refractivity contribution in [3.8, 4) is 0 Å². The third kappa shape index (κ3) is 3.61. The molecule has 0 bridgehead atoms. The van der Waals surface area contributed by atoms with Crippen molar-refractivity contribution in [3.63, 3.8) is 0 Å². The average Bonchev–Trinajstić information content (AvgIpc) is 3.20. The average molecular weight is 378 g/mol. The van der Waals surface area contributed by atoms with E-state index in [-0.39, 0.29) is 25.1 Å². The van der Waals surface area contributed by atoms with Crippen LogP contribution in [0.15, 0.2) is 65.8 Å². The van der Waals surface area contributed by atoms with Gasteiger partial charge in [0.15, 0.2) is 6.10 Å². The Balaban J connectivity index is 1.60. The van der Waals surface area contributed by atoms with Gasteiger partial charge in [0.1, 0.15) is 5.71 Å². The number of para-hydroxylation sites is 1. The van der Waals surface area contributed by atoms with Gasteiger partial charge in [-0.15, -0.1) is 0 Å². The Morgan fingerprint density at radius 2 is 1.71 bits per heavy atom. The van der Waals surface area contributed by atoms with Gasteiger partial charge in [0.25, 0.3) is 5.91 Å². The predicted octanol–water partition coefficient (Wildman–Crippen LogP) is 1.71. The largest absolute Gasteiger partial charge is 0.367 e. The van der Waals surface area contributed by atoms with Crippen molar-refractivity contribution in [1.29, 1.82) is 0 Å². The highest BCUT2D eigenvalue weighted by atomic mass is 16.5. The third-order valence-corrected chi connectivity index (χ3v) is 5.03. The monoisotopic (exact) mass is 378 g/mol. The molecule has 1 saturated heterocycles. The van der Waals surface area contributed by atoms with E-state index < -0.39 is 12.0 Å². The first kappa shape index (κ1) is 18.2. The van der Waals surface area contributed by atoms with Gasteiger partial charge in [-0.3, -0.25) is 14.6 Å². The first-order valence-corrected chi connectivity index (χ1v) is 9.30. The lowest BCUT2D eigenvalue weighted by molar-refractivity contribution is -0.141. The predicted molar refractivity (Wildman–Crippen MR) is 106 cm³/mol. The van der Waals surface area contributed by atoms with Crippen molar-refractivity contribution in [2.24, 2.45) is 10.8 Å². The van der Waals surface area contributed by atoms with Crippen LogP contribution in [0.25, 0.3) is 0 Å². The van der Waals surface area contributed by atoms with Crippen molar-refractivity contribution in [3.05, 3.63) is 66.2 Å². The summed E-state index contributed by atoms with van der Waals surface area (Å²) in [6, 6.07) is 19.8. The Hall–Kier alpha value is -3.19. The maximum Gasteiger partial charge on any atom is 0.270 e. The molecule has 144 valence electrons. The van der Waals surface area contributed by atoms with Crippen molar-refractivity contribution in [1.82, 2.24) is 4.90 Å². The number of hydrazone groups is 1. The van der Waals surface area contributed by atoms with Gasteiger partial charge in [-0.05, 0) is 17.7 Å². The number of anilines is 1. The summed E-state index contributed by atoms with van der Waals surface area (Å²) in [5, 5.41) is 6.56. The summed E-state index contributed by atoms with van der Waals surface area (Å²) in [6.45, 7) is 0.870. The number of rotatable bonds is 4. The molecule has 2 heterocycles.